The SMILES string of the molecule is C[C@@H]1CN(c2ccc(N[C@@H](C)C(=O)O)cc2)C[C@H](C)O1. The lowest BCUT2D eigenvalue weighted by Crippen LogP contribution is -2.45. The zero-order valence-corrected chi connectivity index (χ0v) is 12.2. The summed E-state index contributed by atoms with van der Waals surface area (Å²) in [5.41, 5.74) is 1.96. The quantitative estimate of drug-likeness (QED) is 0.884. The van der Waals surface area contributed by atoms with Gasteiger partial charge in [0.25, 0.3) is 0 Å². The Morgan fingerprint density at radius 2 is 1.85 bits per heavy atom. The van der Waals surface area contributed by atoms with Crippen molar-refractivity contribution in [3.63, 3.8) is 0 Å². The molecule has 1 saturated heterocycles. The predicted molar refractivity (Wildman–Crippen MR) is 79.4 cm³/mol. The number of rotatable bonds is 4. The topological polar surface area (TPSA) is 61.8 Å². The maximum absolute atomic E-state index is 10.8. The minimum Gasteiger partial charge on any atom is -0.480 e. The number of morpholine rings is 1. The van der Waals surface area contributed by atoms with E-state index in [2.05, 4.69) is 24.1 Å². The molecule has 2 rings (SSSR count). The molecule has 0 saturated carbocycles. The third kappa shape index (κ3) is 3.63. The van der Waals surface area contributed by atoms with Crippen molar-refractivity contribution in [3.05, 3.63) is 24.3 Å². The highest BCUT2D eigenvalue weighted by molar-refractivity contribution is 5.76. The Bertz CT molecular complexity index is 451. The molecule has 20 heavy (non-hydrogen) atoms. The summed E-state index contributed by atoms with van der Waals surface area (Å²) in [7, 11) is 0. The van der Waals surface area contributed by atoms with Crippen LogP contribution in [0.3, 0.4) is 0 Å². The summed E-state index contributed by atoms with van der Waals surface area (Å²) in [6.45, 7) is 7.53. The summed E-state index contributed by atoms with van der Waals surface area (Å²) in [5.74, 6) is -0.857. The molecule has 0 radical (unpaired) electrons. The second-order valence-corrected chi connectivity index (χ2v) is 5.41. The van der Waals surface area contributed by atoms with Crippen molar-refractivity contribution in [2.75, 3.05) is 23.3 Å². The van der Waals surface area contributed by atoms with Crippen molar-refractivity contribution in [1.29, 1.82) is 0 Å². The maximum atomic E-state index is 10.8. The second kappa shape index (κ2) is 6.13. The van der Waals surface area contributed by atoms with Gasteiger partial charge in [-0.25, -0.2) is 0 Å². The number of hydrogen-bond donors (Lipinski definition) is 2. The van der Waals surface area contributed by atoms with Crippen molar-refractivity contribution >= 4 is 17.3 Å². The van der Waals surface area contributed by atoms with Gasteiger partial charge in [-0.1, -0.05) is 0 Å². The highest BCUT2D eigenvalue weighted by Gasteiger charge is 2.22. The Morgan fingerprint density at radius 1 is 1.30 bits per heavy atom. The zero-order chi connectivity index (χ0) is 14.7. The van der Waals surface area contributed by atoms with Crippen LogP contribution in [0.4, 0.5) is 11.4 Å². The minimum atomic E-state index is -0.857. The van der Waals surface area contributed by atoms with E-state index in [9.17, 15) is 4.79 Å². The first-order valence-corrected chi connectivity index (χ1v) is 6.95. The number of carbonyl (C=O) groups is 1. The van der Waals surface area contributed by atoms with Gasteiger partial charge in [0.15, 0.2) is 0 Å². The van der Waals surface area contributed by atoms with E-state index in [0.29, 0.717) is 0 Å². The van der Waals surface area contributed by atoms with Gasteiger partial charge in [0, 0.05) is 24.5 Å². The Morgan fingerprint density at radius 3 is 2.35 bits per heavy atom. The number of carboxylic acid groups (broad SMARTS) is 1. The number of hydrogen-bond acceptors (Lipinski definition) is 4. The number of aliphatic carboxylic acids is 1. The molecule has 0 unspecified atom stereocenters. The van der Waals surface area contributed by atoms with Crippen LogP contribution in [0.5, 0.6) is 0 Å². The van der Waals surface area contributed by atoms with Gasteiger partial charge in [-0.3, -0.25) is 4.79 Å². The molecule has 1 aromatic carbocycles. The average Bonchev–Trinajstić information content (AvgIpc) is 2.38. The van der Waals surface area contributed by atoms with Crippen LogP contribution in [0, 0.1) is 0 Å². The molecular weight excluding hydrogens is 256 g/mol. The van der Waals surface area contributed by atoms with Gasteiger partial charge in [0.05, 0.1) is 12.2 Å². The third-order valence-electron chi connectivity index (χ3n) is 3.41. The maximum Gasteiger partial charge on any atom is 0.325 e. The first kappa shape index (κ1) is 14.7. The number of nitrogens with zero attached hydrogens (tertiary/aromatic N) is 1. The first-order valence-electron chi connectivity index (χ1n) is 6.95. The number of carboxylic acids is 1. The lowest BCUT2D eigenvalue weighted by atomic mass is 10.2. The van der Waals surface area contributed by atoms with E-state index in [1.165, 1.54) is 0 Å². The predicted octanol–water partition coefficient (Wildman–Crippen LogP) is 2.19. The lowest BCUT2D eigenvalue weighted by Gasteiger charge is -2.36. The number of benzene rings is 1. The number of nitrogens with one attached hydrogen (secondary N) is 1. The van der Waals surface area contributed by atoms with Crippen LogP contribution in [0.15, 0.2) is 24.3 Å². The van der Waals surface area contributed by atoms with Crippen molar-refractivity contribution in [3.8, 4) is 0 Å². The molecule has 110 valence electrons. The van der Waals surface area contributed by atoms with Gasteiger partial charge in [-0.2, -0.15) is 0 Å². The molecule has 1 aliphatic heterocycles. The standard InChI is InChI=1S/C15H22N2O3/c1-10-8-17(9-11(2)20-10)14-6-4-13(5-7-14)16-12(3)15(18)19/h4-7,10-12,16H,8-9H2,1-3H3,(H,18,19)/t10-,11+,12-/m0/s1. The van der Waals surface area contributed by atoms with Crippen LogP contribution in [0.25, 0.3) is 0 Å². The molecule has 5 nitrogen and oxygen atoms in total. The zero-order valence-electron chi connectivity index (χ0n) is 12.2. The molecule has 2 N–H and O–H groups in total. The molecule has 1 heterocycles. The van der Waals surface area contributed by atoms with E-state index in [-0.39, 0.29) is 12.2 Å². The molecule has 0 amide bonds. The fraction of sp³-hybridized carbons (Fsp3) is 0.533. The molecule has 3 atom stereocenters. The Hall–Kier alpha value is -1.75. The summed E-state index contributed by atoms with van der Waals surface area (Å²) >= 11 is 0. The van der Waals surface area contributed by atoms with Gasteiger partial charge in [0.2, 0.25) is 0 Å². The fourth-order valence-corrected chi connectivity index (χ4v) is 2.47. The largest absolute Gasteiger partial charge is 0.480 e. The molecule has 1 aliphatic rings. The lowest BCUT2D eigenvalue weighted by molar-refractivity contribution is -0.137. The summed E-state index contributed by atoms with van der Waals surface area (Å²) in [6.07, 6.45) is 0.451. The summed E-state index contributed by atoms with van der Waals surface area (Å²) < 4.78 is 5.72. The summed E-state index contributed by atoms with van der Waals surface area (Å²) in [4.78, 5) is 13.1. The number of ether oxygens (including phenoxy) is 1. The number of anilines is 2. The van der Waals surface area contributed by atoms with Crippen LogP contribution in [-0.4, -0.2) is 42.4 Å². The van der Waals surface area contributed by atoms with E-state index in [1.54, 1.807) is 6.92 Å². The molecule has 0 bridgehead atoms. The third-order valence-corrected chi connectivity index (χ3v) is 3.41. The normalized spacial score (nSPS) is 24.2. The first-order chi connectivity index (χ1) is 9.45. The van der Waals surface area contributed by atoms with Gasteiger partial charge in [0.1, 0.15) is 6.04 Å². The highest BCUT2D eigenvalue weighted by Crippen LogP contribution is 2.22. The molecular formula is C15H22N2O3. The Kier molecular flexibility index (Phi) is 4.49. The van der Waals surface area contributed by atoms with Crippen molar-refractivity contribution in [2.45, 2.75) is 39.0 Å². The van der Waals surface area contributed by atoms with Crippen molar-refractivity contribution in [1.82, 2.24) is 0 Å². The molecule has 0 aromatic heterocycles. The second-order valence-electron chi connectivity index (χ2n) is 5.41. The monoisotopic (exact) mass is 278 g/mol. The fourth-order valence-electron chi connectivity index (χ4n) is 2.47. The smallest absolute Gasteiger partial charge is 0.325 e. The van der Waals surface area contributed by atoms with Gasteiger partial charge < -0.3 is 20.1 Å². The van der Waals surface area contributed by atoms with E-state index < -0.39 is 12.0 Å². The average molecular weight is 278 g/mol. The van der Waals surface area contributed by atoms with Crippen LogP contribution in [0.1, 0.15) is 20.8 Å². The van der Waals surface area contributed by atoms with Gasteiger partial charge in [-0.15, -0.1) is 0 Å². The van der Waals surface area contributed by atoms with Crippen molar-refractivity contribution in [2.24, 2.45) is 0 Å². The van der Waals surface area contributed by atoms with Crippen LogP contribution < -0.4 is 10.2 Å². The summed E-state index contributed by atoms with van der Waals surface area (Å²) in [6, 6.07) is 7.27. The van der Waals surface area contributed by atoms with Gasteiger partial charge in [-0.05, 0) is 45.0 Å². The molecule has 0 spiro atoms. The van der Waals surface area contributed by atoms with E-state index in [4.69, 9.17) is 9.84 Å². The Labute approximate surface area is 119 Å². The molecule has 0 aliphatic carbocycles. The van der Waals surface area contributed by atoms with Crippen LogP contribution >= 0.6 is 0 Å². The van der Waals surface area contributed by atoms with E-state index in [0.717, 1.165) is 24.5 Å². The highest BCUT2D eigenvalue weighted by atomic mass is 16.5. The molecule has 1 fully saturated rings. The van der Waals surface area contributed by atoms with E-state index >= 15 is 0 Å². The molecule has 5 heteroatoms. The Balaban J connectivity index is 2.02. The van der Waals surface area contributed by atoms with Crippen molar-refractivity contribution < 1.29 is 14.6 Å². The van der Waals surface area contributed by atoms with Gasteiger partial charge >= 0.3 is 5.97 Å². The van der Waals surface area contributed by atoms with Crippen LogP contribution in [-0.2, 0) is 9.53 Å². The minimum absolute atomic E-state index is 0.226. The molecule has 1 aromatic rings. The van der Waals surface area contributed by atoms with Crippen LogP contribution in [0.2, 0.25) is 0 Å². The van der Waals surface area contributed by atoms with E-state index in [1.807, 2.05) is 24.3 Å². The summed E-state index contributed by atoms with van der Waals surface area (Å²) in [5, 5.41) is 11.8.